The van der Waals surface area contributed by atoms with Crippen molar-refractivity contribution in [2.75, 3.05) is 0 Å². The van der Waals surface area contributed by atoms with E-state index in [9.17, 15) is 0 Å². The minimum Gasteiger partial charge on any atom is -0.182 e. The Balaban J connectivity index is 2.43. The van der Waals surface area contributed by atoms with E-state index in [0.717, 1.165) is 11.5 Å². The molecule has 0 heterocycles. The van der Waals surface area contributed by atoms with Crippen LogP contribution in [0.1, 0.15) is 150 Å². The van der Waals surface area contributed by atoms with Gasteiger partial charge in [-0.3, -0.25) is 0 Å². The lowest BCUT2D eigenvalue weighted by molar-refractivity contribution is 0.531. The van der Waals surface area contributed by atoms with Gasteiger partial charge in [0, 0.05) is 11.5 Å². The minimum atomic E-state index is -4.85. The van der Waals surface area contributed by atoms with E-state index in [1.807, 2.05) is 0 Å². The van der Waals surface area contributed by atoms with Crippen molar-refractivity contribution in [1.29, 1.82) is 0 Å². The van der Waals surface area contributed by atoms with E-state index in [4.69, 9.17) is 0 Å². The molecule has 0 fully saturated rings. The van der Waals surface area contributed by atoms with Crippen LogP contribution in [0.4, 0.5) is 0 Å². The summed E-state index contributed by atoms with van der Waals surface area (Å²) in [7, 11) is -4.85. The zero-order valence-electron chi connectivity index (χ0n) is 41.4. The van der Waals surface area contributed by atoms with Crippen LogP contribution in [0.25, 0.3) is 0 Å². The van der Waals surface area contributed by atoms with Crippen LogP contribution in [0, 0.1) is 41.5 Å². The second-order valence-corrected chi connectivity index (χ2v) is 29.2. The first kappa shape index (κ1) is 46.2. The van der Waals surface area contributed by atoms with Crippen LogP contribution in [0.15, 0.2) is 141 Å². The molecule has 324 valence electrons. The minimum absolute atomic E-state index is 0.233. The molecule has 1 heteroatoms. The van der Waals surface area contributed by atoms with E-state index in [1.54, 1.807) is 9.79 Å². The van der Waals surface area contributed by atoms with Crippen LogP contribution in [-0.4, -0.2) is 0 Å². The average molecular weight is 831 g/mol. The summed E-state index contributed by atoms with van der Waals surface area (Å²) < 4.78 is 0. The number of hydrogen-bond acceptors (Lipinski definition) is 0. The topological polar surface area (TPSA) is 0 Å². The Kier molecular flexibility index (Phi) is 11.5. The molecule has 0 saturated heterocycles. The molecule has 0 spiro atoms. The molecule has 0 aromatic heterocycles. The molecule has 0 bridgehead atoms. The highest BCUT2D eigenvalue weighted by atomic mass is 32.4. The number of aryl methyl sites for hydroxylation is 6. The van der Waals surface area contributed by atoms with Gasteiger partial charge in [0.15, 0.2) is 0 Å². The molecule has 0 aliphatic rings. The molecule has 0 radical (unpaired) electrons. The summed E-state index contributed by atoms with van der Waals surface area (Å²) in [4.78, 5) is 6.17. The first-order valence-electron chi connectivity index (χ1n) is 22.7. The van der Waals surface area contributed by atoms with Gasteiger partial charge >= 0.3 is 0 Å². The first-order valence-corrected chi connectivity index (χ1v) is 25.5. The highest BCUT2D eigenvalue weighted by Crippen LogP contribution is 3.11. The maximum absolute atomic E-state index is 4.85. The summed E-state index contributed by atoms with van der Waals surface area (Å²) >= 11 is 0. The smallest absolute Gasteiger partial charge is 0.00547 e. The zero-order chi connectivity index (χ0) is 45.2. The van der Waals surface area contributed by atoms with Crippen LogP contribution in [0.3, 0.4) is 0 Å². The fourth-order valence-electron chi connectivity index (χ4n) is 11.8. The van der Waals surface area contributed by atoms with Gasteiger partial charge in [-0.15, -0.1) is 0 Å². The third-order valence-corrected chi connectivity index (χ3v) is 22.9. The Hall–Kier alpha value is -4.33. The predicted molar refractivity (Wildman–Crippen MR) is 270 cm³/mol. The molecule has 0 saturated carbocycles. The van der Waals surface area contributed by atoms with Gasteiger partial charge < -0.3 is 0 Å². The van der Waals surface area contributed by atoms with E-state index in [2.05, 4.69) is 246 Å². The van der Waals surface area contributed by atoms with Crippen molar-refractivity contribution in [3.05, 3.63) is 188 Å². The summed E-state index contributed by atoms with van der Waals surface area (Å²) in [5, 5.41) is 0. The molecule has 0 N–H and O–H groups in total. The maximum atomic E-state index is 2.61. The molecule has 0 atom stereocenters. The molecular formula is C60H78S. The lowest BCUT2D eigenvalue weighted by atomic mass is 9.79. The summed E-state index contributed by atoms with van der Waals surface area (Å²) in [5.41, 5.74) is 15.7. The van der Waals surface area contributed by atoms with Gasteiger partial charge in [-0.1, -0.05) is 216 Å². The second kappa shape index (κ2) is 15.2. The number of hydrogen-bond donors (Lipinski definition) is 0. The zero-order valence-corrected chi connectivity index (χ0v) is 42.2. The van der Waals surface area contributed by atoms with Crippen molar-refractivity contribution in [3.63, 3.8) is 0 Å². The Morgan fingerprint density at radius 3 is 0.787 bits per heavy atom. The molecule has 0 unspecified atom stereocenters. The first-order chi connectivity index (χ1) is 28.2. The van der Waals surface area contributed by atoms with E-state index in [0.29, 0.717) is 0 Å². The fourth-order valence-corrected chi connectivity index (χ4v) is 24.5. The molecular weight excluding hydrogens is 753 g/mol. The van der Waals surface area contributed by atoms with Gasteiger partial charge in [0.25, 0.3) is 0 Å². The van der Waals surface area contributed by atoms with Crippen molar-refractivity contribution in [3.8, 4) is 0 Å². The Bertz CT molecular complexity index is 2290. The normalized spacial score (nSPS) is 14.1. The molecule has 6 aromatic rings. The average Bonchev–Trinajstić information content (AvgIpc) is 3.13. The van der Waals surface area contributed by atoms with Gasteiger partial charge in [0.05, 0.1) is 0 Å². The van der Waals surface area contributed by atoms with Crippen molar-refractivity contribution in [2.24, 2.45) is 0 Å². The lowest BCUT2D eigenvalue weighted by Crippen LogP contribution is -2.49. The van der Waals surface area contributed by atoms with Crippen LogP contribution < -0.4 is 0 Å². The van der Waals surface area contributed by atoms with Crippen LogP contribution in [0.2, 0.25) is 0 Å². The Morgan fingerprint density at radius 1 is 0.311 bits per heavy atom. The van der Waals surface area contributed by atoms with Crippen LogP contribution in [0.5, 0.6) is 0 Å². The fraction of sp³-hybridized carbons (Fsp3) is 0.400. The number of benzene rings is 6. The van der Waals surface area contributed by atoms with Gasteiger partial charge in [-0.05, 0) is 138 Å². The SMILES string of the molecule is Cc1cc(C(C)(C)C)c(S(Cc2ccccc2)(Cc2ccccc2)(c2c(C)cccc2C)(c2c(C)cccc2C)c2c(C(C)(C)C)cc(C)cc2C(C)(C)C)c(C(C)(C)C)c1. The van der Waals surface area contributed by atoms with E-state index < -0.39 is 8.29 Å². The Morgan fingerprint density at radius 2 is 0.557 bits per heavy atom. The Labute approximate surface area is 371 Å². The molecule has 6 aromatic carbocycles. The monoisotopic (exact) mass is 831 g/mol. The highest BCUT2D eigenvalue weighted by molar-refractivity contribution is 8.63. The molecule has 0 nitrogen and oxygen atoms in total. The van der Waals surface area contributed by atoms with Crippen molar-refractivity contribution >= 4 is 8.29 Å². The van der Waals surface area contributed by atoms with Gasteiger partial charge in [0.1, 0.15) is 0 Å². The largest absolute Gasteiger partial charge is 0.182 e. The molecule has 0 amide bonds. The van der Waals surface area contributed by atoms with Crippen molar-refractivity contribution in [1.82, 2.24) is 0 Å². The summed E-state index contributed by atoms with van der Waals surface area (Å²) in [5.74, 6) is 1.63. The third-order valence-electron chi connectivity index (χ3n) is 13.7. The van der Waals surface area contributed by atoms with Gasteiger partial charge in [-0.25, -0.2) is 0 Å². The molecule has 0 aliphatic heterocycles. The molecule has 0 aliphatic carbocycles. The predicted octanol–water partition coefficient (Wildman–Crippen LogP) is 17.5. The second-order valence-electron chi connectivity index (χ2n) is 23.1. The quantitative estimate of drug-likeness (QED) is 0.143. The summed E-state index contributed by atoms with van der Waals surface area (Å²) in [6.45, 7) is 44.3. The van der Waals surface area contributed by atoms with E-state index >= 15 is 0 Å². The lowest BCUT2D eigenvalue weighted by Gasteiger charge is -2.84. The van der Waals surface area contributed by atoms with E-state index in [-0.39, 0.29) is 21.7 Å². The third kappa shape index (κ3) is 7.16. The highest BCUT2D eigenvalue weighted by Gasteiger charge is 2.72. The van der Waals surface area contributed by atoms with Gasteiger partial charge in [-0.2, -0.15) is 8.29 Å². The molecule has 61 heavy (non-hydrogen) atoms. The van der Waals surface area contributed by atoms with Crippen molar-refractivity contribution < 1.29 is 0 Å². The maximum Gasteiger partial charge on any atom is 0.00547 e. The molecule has 6 rings (SSSR count). The standard InChI is InChI=1S/C60H78S/c1-41-35-49(57(7,8)9)55(50(36-41)58(10,11)12)61(39-47-31-21-19-22-32-47,40-48-33-23-20-24-34-48,53-43(3)27-25-28-44(53)4,54-45(5)29-26-30-46(54)6)56-51(59(13,14)15)37-42(2)38-52(56)60(16,17)18/h19-38H,39-40H2,1-18H3. The summed E-state index contributed by atoms with van der Waals surface area (Å²) in [6.07, 6.45) is 0. The van der Waals surface area contributed by atoms with Gasteiger partial charge in [0.2, 0.25) is 0 Å². The van der Waals surface area contributed by atoms with Crippen LogP contribution in [-0.2, 0) is 33.2 Å². The van der Waals surface area contributed by atoms with E-state index in [1.165, 1.54) is 76.6 Å². The van der Waals surface area contributed by atoms with Crippen LogP contribution >= 0.6 is 8.29 Å². The summed E-state index contributed by atoms with van der Waals surface area (Å²) in [6, 6.07) is 48.3. The number of rotatable bonds is 8. The van der Waals surface area contributed by atoms with Crippen molar-refractivity contribution in [2.45, 2.75) is 177 Å².